The third-order valence-electron chi connectivity index (χ3n) is 4.70. The van der Waals surface area contributed by atoms with E-state index in [9.17, 15) is 35.1 Å². The van der Waals surface area contributed by atoms with E-state index in [1.165, 1.54) is 13.2 Å². The molecule has 2 aromatic rings. The maximum Gasteiger partial charge on any atom is 0.303 e. The Kier molecular flexibility index (Phi) is 6.72. The van der Waals surface area contributed by atoms with Crippen molar-refractivity contribution in [2.75, 3.05) is 13.7 Å². The molecule has 0 radical (unpaired) electrons. The fourth-order valence-corrected chi connectivity index (χ4v) is 3.30. The van der Waals surface area contributed by atoms with Gasteiger partial charge in [0.05, 0.1) is 13.7 Å². The number of aliphatic hydroxyl groups is 2. The van der Waals surface area contributed by atoms with E-state index in [0.717, 1.165) is 31.2 Å². The van der Waals surface area contributed by atoms with Gasteiger partial charge in [0.15, 0.2) is 12.2 Å². The van der Waals surface area contributed by atoms with E-state index >= 15 is 0 Å². The maximum absolute atomic E-state index is 13.1. The first-order valence-corrected chi connectivity index (χ1v) is 9.41. The van der Waals surface area contributed by atoms with Crippen LogP contribution >= 0.6 is 0 Å². The third kappa shape index (κ3) is 4.69. The predicted octanol–water partition coefficient (Wildman–Crippen LogP) is 0.432. The molecular formula is C21H22O11. The number of benzene rings is 2. The minimum atomic E-state index is -1.53. The number of phenolic OH excluding ortho intramolecular Hbond substituents is 3. The van der Waals surface area contributed by atoms with Crippen molar-refractivity contribution in [3.05, 3.63) is 41.5 Å². The van der Waals surface area contributed by atoms with E-state index in [1.807, 2.05) is 0 Å². The van der Waals surface area contributed by atoms with E-state index < -0.39 is 48.7 Å². The van der Waals surface area contributed by atoms with Crippen LogP contribution in [0.15, 0.2) is 30.3 Å². The highest BCUT2D eigenvalue weighted by atomic mass is 16.7. The van der Waals surface area contributed by atoms with Crippen molar-refractivity contribution in [2.24, 2.45) is 0 Å². The van der Waals surface area contributed by atoms with Crippen LogP contribution in [-0.2, 0) is 14.3 Å². The summed E-state index contributed by atoms with van der Waals surface area (Å²) in [5.41, 5.74) is -0.533. The van der Waals surface area contributed by atoms with Gasteiger partial charge in [0.25, 0.3) is 0 Å². The Balaban J connectivity index is 2.00. The molecule has 2 aromatic carbocycles. The smallest absolute Gasteiger partial charge is 0.303 e. The number of ether oxygens (including phenoxy) is 4. The Bertz CT molecular complexity index is 999. The summed E-state index contributed by atoms with van der Waals surface area (Å²) in [4.78, 5) is 24.4. The summed E-state index contributed by atoms with van der Waals surface area (Å²) >= 11 is 0. The molecule has 3 rings (SSSR count). The molecule has 1 heterocycles. The van der Waals surface area contributed by atoms with Crippen molar-refractivity contribution in [1.29, 1.82) is 0 Å². The van der Waals surface area contributed by atoms with Gasteiger partial charge >= 0.3 is 5.97 Å². The summed E-state index contributed by atoms with van der Waals surface area (Å²) in [6.07, 6.45) is -5.34. The Hall–Kier alpha value is -3.54. The van der Waals surface area contributed by atoms with Gasteiger partial charge < -0.3 is 44.5 Å². The van der Waals surface area contributed by atoms with Gasteiger partial charge in [-0.1, -0.05) is 0 Å². The van der Waals surface area contributed by atoms with Crippen LogP contribution in [-0.4, -0.2) is 75.6 Å². The van der Waals surface area contributed by atoms with Crippen molar-refractivity contribution < 1.29 is 54.1 Å². The Morgan fingerprint density at radius 3 is 2.28 bits per heavy atom. The molecule has 0 bridgehead atoms. The fraction of sp³-hybridized carbons (Fsp3) is 0.333. The maximum atomic E-state index is 13.1. The molecule has 0 spiro atoms. The second-order valence-electron chi connectivity index (χ2n) is 6.99. The zero-order valence-electron chi connectivity index (χ0n) is 17.1. The number of aliphatic hydroxyl groups excluding tert-OH is 2. The number of carbonyl (C=O) groups excluding carboxylic acids is 2. The van der Waals surface area contributed by atoms with Crippen molar-refractivity contribution in [3.8, 4) is 28.7 Å². The third-order valence-corrected chi connectivity index (χ3v) is 4.70. The normalized spacial score (nSPS) is 22.4. The summed E-state index contributed by atoms with van der Waals surface area (Å²) in [6, 6.07) is 5.57. The van der Waals surface area contributed by atoms with Crippen molar-refractivity contribution in [1.82, 2.24) is 0 Å². The number of carbonyl (C=O) groups is 2. The van der Waals surface area contributed by atoms with Crippen LogP contribution in [0.5, 0.6) is 28.7 Å². The highest BCUT2D eigenvalue weighted by molar-refractivity contribution is 6.13. The van der Waals surface area contributed by atoms with Crippen molar-refractivity contribution in [3.63, 3.8) is 0 Å². The molecule has 32 heavy (non-hydrogen) atoms. The highest BCUT2D eigenvalue weighted by Gasteiger charge is 2.47. The summed E-state index contributed by atoms with van der Waals surface area (Å²) in [7, 11) is 1.31. The molecule has 1 aliphatic heterocycles. The lowest BCUT2D eigenvalue weighted by molar-refractivity contribution is -0.153. The van der Waals surface area contributed by atoms with E-state index in [-0.39, 0.29) is 34.1 Å². The molecule has 0 aromatic heterocycles. The Morgan fingerprint density at radius 2 is 1.72 bits per heavy atom. The second-order valence-corrected chi connectivity index (χ2v) is 6.99. The number of ketones is 1. The van der Waals surface area contributed by atoms with Crippen LogP contribution in [0.25, 0.3) is 0 Å². The van der Waals surface area contributed by atoms with Crippen LogP contribution in [0.2, 0.25) is 0 Å². The monoisotopic (exact) mass is 450 g/mol. The number of phenols is 3. The van der Waals surface area contributed by atoms with Crippen LogP contribution in [0, 0.1) is 0 Å². The molecule has 0 saturated carbocycles. The second kappa shape index (κ2) is 9.30. The van der Waals surface area contributed by atoms with E-state index in [1.54, 1.807) is 0 Å². The summed E-state index contributed by atoms with van der Waals surface area (Å²) in [6.45, 7) is 0.531. The average Bonchev–Trinajstić information content (AvgIpc) is 3.01. The van der Waals surface area contributed by atoms with Crippen molar-refractivity contribution >= 4 is 11.8 Å². The molecular weight excluding hydrogens is 428 g/mol. The van der Waals surface area contributed by atoms with Gasteiger partial charge in [-0.3, -0.25) is 9.59 Å². The van der Waals surface area contributed by atoms with Gasteiger partial charge in [-0.05, 0) is 12.1 Å². The zero-order chi connectivity index (χ0) is 23.6. The van der Waals surface area contributed by atoms with E-state index in [2.05, 4.69) is 0 Å². The first kappa shape index (κ1) is 23.1. The summed E-state index contributed by atoms with van der Waals surface area (Å²) < 4.78 is 21.1. The number of aromatic hydroxyl groups is 3. The lowest BCUT2D eigenvalue weighted by Gasteiger charge is -2.21. The molecule has 1 aliphatic rings. The lowest BCUT2D eigenvalue weighted by Crippen LogP contribution is -2.39. The number of hydrogen-bond acceptors (Lipinski definition) is 11. The van der Waals surface area contributed by atoms with E-state index in [0.29, 0.717) is 0 Å². The first-order chi connectivity index (χ1) is 15.1. The molecule has 4 atom stereocenters. The molecule has 11 nitrogen and oxygen atoms in total. The number of hydrogen-bond donors (Lipinski definition) is 5. The van der Waals surface area contributed by atoms with Crippen LogP contribution < -0.4 is 9.47 Å². The minimum Gasteiger partial charge on any atom is -0.508 e. The number of methoxy groups -OCH3 is 1. The van der Waals surface area contributed by atoms with Gasteiger partial charge in [0, 0.05) is 30.7 Å². The lowest BCUT2D eigenvalue weighted by atomic mass is 10.0. The topological polar surface area (TPSA) is 172 Å². The Labute approximate surface area is 182 Å². The van der Waals surface area contributed by atoms with Gasteiger partial charge in [0.1, 0.15) is 40.4 Å². The van der Waals surface area contributed by atoms with E-state index in [4.69, 9.17) is 18.9 Å². The SMILES string of the molecule is COc1cc(O)c(C(=O)c2cc(O)cc(O)c2)c(O[C@@H]2O[C@@H](CO)[C@@H](OC(C)=O)[C@H]2O)c1. The molecule has 0 amide bonds. The first-order valence-electron chi connectivity index (χ1n) is 9.41. The Morgan fingerprint density at radius 1 is 1.06 bits per heavy atom. The molecule has 11 heteroatoms. The molecule has 172 valence electrons. The van der Waals surface area contributed by atoms with Gasteiger partial charge in [0.2, 0.25) is 12.1 Å². The van der Waals surface area contributed by atoms with Crippen LogP contribution in [0.4, 0.5) is 0 Å². The molecule has 1 saturated heterocycles. The highest BCUT2D eigenvalue weighted by Crippen LogP contribution is 2.38. The molecule has 0 aliphatic carbocycles. The fourth-order valence-electron chi connectivity index (χ4n) is 3.30. The summed E-state index contributed by atoms with van der Waals surface area (Å²) in [5.74, 6) is -3.00. The number of esters is 1. The molecule has 1 fully saturated rings. The molecule has 0 unspecified atom stereocenters. The zero-order valence-corrected chi connectivity index (χ0v) is 17.1. The summed E-state index contributed by atoms with van der Waals surface area (Å²) in [5, 5.41) is 49.8. The quantitative estimate of drug-likeness (QED) is 0.292. The van der Waals surface area contributed by atoms with Crippen LogP contribution in [0.1, 0.15) is 22.8 Å². The minimum absolute atomic E-state index is 0.107. The average molecular weight is 450 g/mol. The predicted molar refractivity (Wildman–Crippen MR) is 106 cm³/mol. The molecule has 5 N–H and O–H groups in total. The van der Waals surface area contributed by atoms with Gasteiger partial charge in [-0.25, -0.2) is 0 Å². The van der Waals surface area contributed by atoms with Gasteiger partial charge in [-0.15, -0.1) is 0 Å². The van der Waals surface area contributed by atoms with Crippen LogP contribution in [0.3, 0.4) is 0 Å². The standard InChI is InChI=1S/C21H22O11/c1-9(23)30-20-16(8-22)32-21(19(20)28)31-15-7-13(29-2)6-14(26)17(15)18(27)10-3-11(24)5-12(25)4-10/h3-7,16,19-22,24-26,28H,8H2,1-2H3/t16-,19+,20+,21+/m0/s1. The van der Waals surface area contributed by atoms with Gasteiger partial charge in [-0.2, -0.15) is 0 Å². The largest absolute Gasteiger partial charge is 0.508 e. The van der Waals surface area contributed by atoms with Crippen molar-refractivity contribution in [2.45, 2.75) is 31.5 Å². The number of rotatable bonds is 7.